The fourth-order valence-electron chi connectivity index (χ4n) is 6.47. The first-order valence-corrected chi connectivity index (χ1v) is 23.7. The van der Waals surface area contributed by atoms with Crippen LogP contribution in [0.15, 0.2) is 109 Å². The third-order valence-electron chi connectivity index (χ3n) is 10.0. The molecule has 0 aromatic heterocycles. The second-order valence-electron chi connectivity index (χ2n) is 15.6. The van der Waals surface area contributed by atoms with Crippen molar-refractivity contribution in [3.8, 4) is 0 Å². The van der Waals surface area contributed by atoms with Gasteiger partial charge in [-0.1, -0.05) is 220 Å². The van der Waals surface area contributed by atoms with Gasteiger partial charge in [0, 0.05) is 6.42 Å². The van der Waals surface area contributed by atoms with Crippen LogP contribution in [0.2, 0.25) is 0 Å². The van der Waals surface area contributed by atoms with E-state index in [1.165, 1.54) is 51.4 Å². The summed E-state index contributed by atoms with van der Waals surface area (Å²) >= 11 is 0. The van der Waals surface area contributed by atoms with Crippen molar-refractivity contribution in [1.29, 1.82) is 0 Å². The summed E-state index contributed by atoms with van der Waals surface area (Å²) in [5.41, 5.74) is 0. The van der Waals surface area contributed by atoms with Crippen LogP contribution in [0.1, 0.15) is 188 Å². The lowest BCUT2D eigenvalue weighted by atomic mass is 10.0. The van der Waals surface area contributed by atoms with Gasteiger partial charge in [0.1, 0.15) is 6.10 Å². The van der Waals surface area contributed by atoms with E-state index in [0.717, 1.165) is 89.9 Å². The van der Waals surface area contributed by atoms with Crippen LogP contribution in [-0.4, -0.2) is 46.9 Å². The number of unbranched alkanes of at least 4 members (excludes halogenated alkanes) is 17. The number of ether oxygens (including phenoxy) is 1. The Morgan fingerprint density at radius 3 is 1.46 bits per heavy atom. The van der Waals surface area contributed by atoms with Gasteiger partial charge in [0.2, 0.25) is 5.91 Å². The number of carbonyl (C=O) groups excluding carboxylic acids is 2. The molecule has 0 aliphatic heterocycles. The van der Waals surface area contributed by atoms with Gasteiger partial charge in [-0.3, -0.25) is 9.59 Å². The molecule has 0 aliphatic rings. The fraction of sp³-hybridized carbons (Fsp3) is 0.623. The molecule has 334 valence electrons. The summed E-state index contributed by atoms with van der Waals surface area (Å²) < 4.78 is 5.88. The van der Waals surface area contributed by atoms with E-state index >= 15 is 0 Å². The van der Waals surface area contributed by atoms with Crippen LogP contribution >= 0.6 is 0 Å². The summed E-state index contributed by atoms with van der Waals surface area (Å²) in [6.07, 6.45) is 61.4. The topological polar surface area (TPSA) is 95.9 Å². The average molecular weight is 818 g/mol. The van der Waals surface area contributed by atoms with Gasteiger partial charge in [-0.25, -0.2) is 0 Å². The highest BCUT2D eigenvalue weighted by atomic mass is 16.5. The van der Waals surface area contributed by atoms with Gasteiger partial charge in [-0.15, -0.1) is 0 Å². The summed E-state index contributed by atoms with van der Waals surface area (Å²) in [7, 11) is 0. The Hall–Kier alpha value is -3.48. The quantitative estimate of drug-likeness (QED) is 0.0325. The lowest BCUT2D eigenvalue weighted by Gasteiger charge is -2.24. The van der Waals surface area contributed by atoms with E-state index in [0.29, 0.717) is 19.3 Å². The van der Waals surface area contributed by atoms with Gasteiger partial charge in [-0.05, 0) is 64.2 Å². The molecular weight excluding hydrogens is 731 g/mol. The first kappa shape index (κ1) is 55.5. The number of nitrogens with one attached hydrogen (secondary N) is 1. The van der Waals surface area contributed by atoms with Crippen molar-refractivity contribution in [2.75, 3.05) is 6.61 Å². The van der Waals surface area contributed by atoms with Crippen LogP contribution in [0.25, 0.3) is 0 Å². The number of esters is 1. The number of rotatable bonds is 40. The molecule has 0 fully saturated rings. The number of allylic oxidation sites excluding steroid dienone is 18. The summed E-state index contributed by atoms with van der Waals surface area (Å²) in [6.45, 7) is 6.20. The molecule has 6 heteroatoms. The fourth-order valence-corrected chi connectivity index (χ4v) is 6.47. The smallest absolute Gasteiger partial charge is 0.306 e. The molecule has 0 aromatic carbocycles. The van der Waals surface area contributed by atoms with E-state index in [1.54, 1.807) is 0 Å². The predicted octanol–water partition coefficient (Wildman–Crippen LogP) is 13.9. The van der Waals surface area contributed by atoms with Crippen molar-refractivity contribution in [2.24, 2.45) is 0 Å². The Kier molecular flexibility index (Phi) is 42.9. The summed E-state index contributed by atoms with van der Waals surface area (Å²) in [5.74, 6) is -0.576. The molecule has 0 aliphatic carbocycles. The average Bonchev–Trinajstić information content (AvgIpc) is 3.23. The molecule has 0 saturated heterocycles. The highest BCUT2D eigenvalue weighted by molar-refractivity contribution is 5.77. The van der Waals surface area contributed by atoms with E-state index in [4.69, 9.17) is 4.74 Å². The van der Waals surface area contributed by atoms with E-state index in [-0.39, 0.29) is 24.9 Å². The minimum Gasteiger partial charge on any atom is -0.462 e. The van der Waals surface area contributed by atoms with Crippen LogP contribution < -0.4 is 5.32 Å². The van der Waals surface area contributed by atoms with Crippen molar-refractivity contribution < 1.29 is 24.5 Å². The number of hydrogen-bond acceptors (Lipinski definition) is 5. The van der Waals surface area contributed by atoms with Crippen molar-refractivity contribution in [1.82, 2.24) is 5.32 Å². The Labute approximate surface area is 362 Å². The van der Waals surface area contributed by atoms with Gasteiger partial charge < -0.3 is 20.3 Å². The lowest BCUT2D eigenvalue weighted by Crippen LogP contribution is -2.46. The lowest BCUT2D eigenvalue weighted by molar-refractivity contribution is -0.151. The van der Waals surface area contributed by atoms with Crippen LogP contribution in [0, 0.1) is 0 Å². The molecule has 3 N–H and O–H groups in total. The maximum atomic E-state index is 13.2. The second kappa shape index (κ2) is 45.6. The Morgan fingerprint density at radius 1 is 0.508 bits per heavy atom. The predicted molar refractivity (Wildman–Crippen MR) is 254 cm³/mol. The van der Waals surface area contributed by atoms with Crippen molar-refractivity contribution in [2.45, 2.75) is 206 Å². The third-order valence-corrected chi connectivity index (χ3v) is 10.0. The number of aliphatic hydroxyl groups excluding tert-OH is 2. The SMILES string of the molecule is CC/C=C/C=C/C=C\C=C/CCCCCC(=O)OC(CCCCC/C=C/C=C/C=C/C=C/C=C/CCC)CC(=O)NC(CO)C(O)CCCCCCCCCCCCC. The van der Waals surface area contributed by atoms with Crippen LogP contribution in [0.3, 0.4) is 0 Å². The standard InChI is InChI=1S/C53H87NO5/c1-4-7-10-13-16-19-22-24-25-26-28-30-32-35-38-41-44-49(59-53(58)46-43-40-37-34-31-27-23-20-17-14-11-8-5-2)47-52(57)54-50(48-55)51(56)45-42-39-36-33-29-21-18-15-12-9-6-3/h8,10-11,13-14,16-17,19-20,22-28,30-31,49-51,55-56H,4-7,9,12,15,18,21,29,32-48H2,1-3H3,(H,54,57)/b11-8+,13-10+,17-14+,19-16+,23-20-,24-22+,26-25+,30-28+,31-27-. The van der Waals surface area contributed by atoms with Crippen molar-refractivity contribution in [3.05, 3.63) is 109 Å². The minimum absolute atomic E-state index is 0.0260. The molecule has 0 heterocycles. The van der Waals surface area contributed by atoms with Crippen molar-refractivity contribution >= 4 is 11.9 Å². The number of amides is 1. The van der Waals surface area contributed by atoms with E-state index in [1.807, 2.05) is 66.8 Å². The monoisotopic (exact) mass is 818 g/mol. The minimum atomic E-state index is -0.812. The summed E-state index contributed by atoms with van der Waals surface area (Å²) in [4.78, 5) is 26.0. The molecule has 0 spiro atoms. The molecule has 59 heavy (non-hydrogen) atoms. The maximum absolute atomic E-state index is 13.2. The summed E-state index contributed by atoms with van der Waals surface area (Å²) in [6, 6.07) is -0.730. The second-order valence-corrected chi connectivity index (χ2v) is 15.6. The Bertz CT molecular complexity index is 1240. The van der Waals surface area contributed by atoms with Crippen LogP contribution in [0.4, 0.5) is 0 Å². The van der Waals surface area contributed by atoms with Crippen molar-refractivity contribution in [3.63, 3.8) is 0 Å². The van der Waals surface area contributed by atoms with Crippen LogP contribution in [0.5, 0.6) is 0 Å². The number of hydrogen-bond donors (Lipinski definition) is 3. The van der Waals surface area contributed by atoms with Gasteiger partial charge >= 0.3 is 5.97 Å². The molecule has 0 aromatic rings. The zero-order valence-electron chi connectivity index (χ0n) is 37.8. The molecule has 0 bridgehead atoms. The highest BCUT2D eigenvalue weighted by Gasteiger charge is 2.24. The first-order chi connectivity index (χ1) is 29.0. The normalized spacial score (nSPS) is 14.3. The molecule has 3 atom stereocenters. The zero-order valence-corrected chi connectivity index (χ0v) is 37.8. The maximum Gasteiger partial charge on any atom is 0.306 e. The third kappa shape index (κ3) is 41.1. The van der Waals surface area contributed by atoms with E-state index in [9.17, 15) is 19.8 Å². The molecule has 0 rings (SSSR count). The zero-order chi connectivity index (χ0) is 43.1. The molecular formula is C53H87NO5. The van der Waals surface area contributed by atoms with Crippen LogP contribution in [-0.2, 0) is 14.3 Å². The molecule has 0 radical (unpaired) electrons. The highest BCUT2D eigenvalue weighted by Crippen LogP contribution is 2.16. The van der Waals surface area contributed by atoms with Gasteiger partial charge in [0.25, 0.3) is 0 Å². The first-order valence-electron chi connectivity index (χ1n) is 23.7. The summed E-state index contributed by atoms with van der Waals surface area (Å²) in [5, 5.41) is 23.7. The number of carbonyl (C=O) groups is 2. The largest absolute Gasteiger partial charge is 0.462 e. The van der Waals surface area contributed by atoms with Gasteiger partial charge in [0.05, 0.1) is 25.2 Å². The van der Waals surface area contributed by atoms with E-state index in [2.05, 4.69) is 68.6 Å². The molecule has 3 unspecified atom stereocenters. The Balaban J connectivity index is 4.81. The Morgan fingerprint density at radius 2 is 0.949 bits per heavy atom. The molecule has 0 saturated carbocycles. The van der Waals surface area contributed by atoms with Gasteiger partial charge in [-0.2, -0.15) is 0 Å². The van der Waals surface area contributed by atoms with E-state index < -0.39 is 18.2 Å². The number of aliphatic hydroxyl groups is 2. The molecule has 1 amide bonds. The van der Waals surface area contributed by atoms with Gasteiger partial charge in [0.15, 0.2) is 0 Å². The molecule has 6 nitrogen and oxygen atoms in total.